The van der Waals surface area contributed by atoms with Crippen LogP contribution in [0.4, 0.5) is 10.8 Å². The summed E-state index contributed by atoms with van der Waals surface area (Å²) >= 11 is 6.83. The molecule has 0 fully saturated rings. The number of hydrogen-bond acceptors (Lipinski definition) is 7. The maximum absolute atomic E-state index is 5.27. The smallest absolute Gasteiger partial charge is 0.191 e. The number of anilines is 2. The normalized spacial score (nSPS) is 10.6. The molecule has 0 spiro atoms. The van der Waals surface area contributed by atoms with E-state index in [-0.39, 0.29) is 0 Å². The molecule has 1 aromatic carbocycles. The van der Waals surface area contributed by atoms with Gasteiger partial charge >= 0.3 is 0 Å². The van der Waals surface area contributed by atoms with Crippen molar-refractivity contribution < 1.29 is 9.47 Å². The van der Waals surface area contributed by atoms with E-state index >= 15 is 0 Å². The summed E-state index contributed by atoms with van der Waals surface area (Å²) in [7, 11) is 3.18. The van der Waals surface area contributed by atoms with E-state index in [1.165, 1.54) is 0 Å². The van der Waals surface area contributed by atoms with Crippen LogP contribution in [0.5, 0.6) is 11.5 Å². The second-order valence-corrected chi connectivity index (χ2v) is 6.56. The highest BCUT2D eigenvalue weighted by molar-refractivity contribution is 7.80. The molecule has 0 aliphatic carbocycles. The van der Waals surface area contributed by atoms with Crippen molar-refractivity contribution in [1.29, 1.82) is 0 Å². The lowest BCUT2D eigenvalue weighted by Crippen LogP contribution is -2.23. The molecule has 2 rings (SSSR count). The van der Waals surface area contributed by atoms with Crippen LogP contribution in [0.3, 0.4) is 0 Å². The summed E-state index contributed by atoms with van der Waals surface area (Å²) in [6.45, 7) is 6.08. The zero-order chi connectivity index (χ0) is 18.9. The minimum absolute atomic E-state index is 0.377. The molecule has 2 N–H and O–H groups in total. The van der Waals surface area contributed by atoms with Crippen LogP contribution in [-0.2, 0) is 0 Å². The van der Waals surface area contributed by atoms with Crippen molar-refractivity contribution in [2.75, 3.05) is 37.5 Å². The number of rotatable bonds is 8. The predicted molar refractivity (Wildman–Crippen MR) is 112 cm³/mol. The molecule has 26 heavy (non-hydrogen) atoms. The van der Waals surface area contributed by atoms with E-state index in [2.05, 4.69) is 39.6 Å². The van der Waals surface area contributed by atoms with E-state index in [4.69, 9.17) is 21.7 Å². The van der Waals surface area contributed by atoms with Gasteiger partial charge in [-0.05, 0) is 38.2 Å². The van der Waals surface area contributed by atoms with Gasteiger partial charge in [0.05, 0.1) is 25.3 Å². The Morgan fingerprint density at radius 1 is 1.27 bits per heavy atom. The van der Waals surface area contributed by atoms with Gasteiger partial charge in [-0.1, -0.05) is 11.3 Å². The Labute approximate surface area is 163 Å². The highest BCUT2D eigenvalue weighted by Gasteiger charge is 2.07. The van der Waals surface area contributed by atoms with Crippen molar-refractivity contribution in [1.82, 2.24) is 10.4 Å². The summed E-state index contributed by atoms with van der Waals surface area (Å²) in [6, 6.07) is 5.45. The Morgan fingerprint density at radius 2 is 2.00 bits per heavy atom. The third-order valence-corrected chi connectivity index (χ3v) is 4.73. The molecule has 0 amide bonds. The molecular formula is C17H23N5O2S2. The summed E-state index contributed by atoms with van der Waals surface area (Å²) in [4.78, 5) is 7.56. The monoisotopic (exact) mass is 393 g/mol. The van der Waals surface area contributed by atoms with Gasteiger partial charge in [0.1, 0.15) is 0 Å². The summed E-state index contributed by atoms with van der Waals surface area (Å²) in [5.74, 6) is 1.28. The molecule has 0 atom stereocenters. The molecular weight excluding hydrogens is 370 g/mol. The fraction of sp³-hybridized carbons (Fsp3) is 0.353. The second kappa shape index (κ2) is 9.93. The van der Waals surface area contributed by atoms with Crippen molar-refractivity contribution in [2.24, 2.45) is 5.10 Å². The Bertz CT molecular complexity index is 759. The first-order valence-corrected chi connectivity index (χ1v) is 9.36. The van der Waals surface area contributed by atoms with Gasteiger partial charge in [0.2, 0.25) is 0 Å². The van der Waals surface area contributed by atoms with Crippen molar-refractivity contribution in [3.05, 3.63) is 29.3 Å². The molecule has 1 aromatic heterocycles. The molecule has 0 aliphatic rings. The standard InChI is InChI=1S/C17H23N5O2S2/c1-5-22(6-2)17-18-10-13(26-17)11-19-21-16(25)20-12-7-8-14(23-3)15(9-12)24-4/h7-11H,5-6H2,1-4H3,(H2,20,21,25)/b19-11-. The minimum Gasteiger partial charge on any atom is -0.493 e. The zero-order valence-corrected chi connectivity index (χ0v) is 16.9. The van der Waals surface area contributed by atoms with Crippen LogP contribution in [-0.4, -0.2) is 43.6 Å². The van der Waals surface area contributed by atoms with E-state index in [9.17, 15) is 0 Å². The fourth-order valence-corrected chi connectivity index (χ4v) is 3.29. The third kappa shape index (κ3) is 5.30. The number of thiazole rings is 1. The Morgan fingerprint density at radius 3 is 2.65 bits per heavy atom. The largest absolute Gasteiger partial charge is 0.493 e. The number of thiocarbonyl (C=S) groups is 1. The SMILES string of the molecule is CCN(CC)c1ncc(/C=N\NC(=S)Nc2ccc(OC)c(OC)c2)s1. The van der Waals surface area contributed by atoms with E-state index in [1.807, 2.05) is 6.07 Å². The molecule has 9 heteroatoms. The molecule has 0 bridgehead atoms. The molecule has 0 saturated heterocycles. The number of nitrogens with zero attached hydrogens (tertiary/aromatic N) is 3. The van der Waals surface area contributed by atoms with E-state index in [0.29, 0.717) is 16.6 Å². The number of nitrogens with one attached hydrogen (secondary N) is 2. The van der Waals surface area contributed by atoms with Gasteiger partial charge in [0.25, 0.3) is 0 Å². The van der Waals surface area contributed by atoms with Gasteiger partial charge in [-0.25, -0.2) is 4.98 Å². The lowest BCUT2D eigenvalue weighted by Gasteiger charge is -2.16. The molecule has 2 aromatic rings. The molecule has 1 heterocycles. The molecule has 0 unspecified atom stereocenters. The molecule has 7 nitrogen and oxygen atoms in total. The van der Waals surface area contributed by atoms with Gasteiger partial charge in [-0.2, -0.15) is 5.10 Å². The van der Waals surface area contributed by atoms with Crippen LogP contribution in [0, 0.1) is 0 Å². The maximum atomic E-state index is 5.27. The van der Waals surface area contributed by atoms with Crippen LogP contribution in [0.25, 0.3) is 0 Å². The predicted octanol–water partition coefficient (Wildman–Crippen LogP) is 3.33. The number of benzene rings is 1. The average Bonchev–Trinajstić information content (AvgIpc) is 3.11. The summed E-state index contributed by atoms with van der Waals surface area (Å²) in [5, 5.41) is 8.57. The second-order valence-electron chi connectivity index (χ2n) is 5.11. The van der Waals surface area contributed by atoms with Crippen molar-refractivity contribution in [2.45, 2.75) is 13.8 Å². The number of methoxy groups -OCH3 is 2. The summed E-state index contributed by atoms with van der Waals surface area (Å²) in [6.07, 6.45) is 3.50. The highest BCUT2D eigenvalue weighted by atomic mass is 32.1. The first-order valence-electron chi connectivity index (χ1n) is 8.14. The van der Waals surface area contributed by atoms with E-state index < -0.39 is 0 Å². The molecule has 0 aliphatic heterocycles. The first-order chi connectivity index (χ1) is 12.6. The van der Waals surface area contributed by atoms with Gasteiger partial charge in [-0.15, -0.1) is 0 Å². The zero-order valence-electron chi connectivity index (χ0n) is 15.3. The van der Waals surface area contributed by atoms with Crippen LogP contribution < -0.4 is 25.1 Å². The Hall–Kier alpha value is -2.39. The fourth-order valence-electron chi connectivity index (χ4n) is 2.20. The molecule has 140 valence electrons. The van der Waals surface area contributed by atoms with Gasteiger partial charge < -0.3 is 19.7 Å². The van der Waals surface area contributed by atoms with Gasteiger partial charge in [0, 0.05) is 31.0 Å². The lowest BCUT2D eigenvalue weighted by molar-refractivity contribution is 0.355. The Kier molecular flexibility index (Phi) is 7.61. The van der Waals surface area contributed by atoms with Crippen LogP contribution >= 0.6 is 23.6 Å². The van der Waals surface area contributed by atoms with E-state index in [0.717, 1.165) is 28.8 Å². The van der Waals surface area contributed by atoms with Crippen LogP contribution in [0.15, 0.2) is 29.5 Å². The van der Waals surface area contributed by atoms with Crippen molar-refractivity contribution in [3.8, 4) is 11.5 Å². The molecule has 0 saturated carbocycles. The Balaban J connectivity index is 1.91. The summed E-state index contributed by atoms with van der Waals surface area (Å²) < 4.78 is 10.5. The third-order valence-electron chi connectivity index (χ3n) is 3.54. The number of aromatic nitrogens is 1. The topological polar surface area (TPSA) is 71.0 Å². The van der Waals surface area contributed by atoms with Crippen molar-refractivity contribution in [3.63, 3.8) is 0 Å². The van der Waals surface area contributed by atoms with Gasteiger partial charge in [-0.3, -0.25) is 5.43 Å². The van der Waals surface area contributed by atoms with Crippen LogP contribution in [0.2, 0.25) is 0 Å². The van der Waals surface area contributed by atoms with Crippen LogP contribution in [0.1, 0.15) is 18.7 Å². The highest BCUT2D eigenvalue weighted by Crippen LogP contribution is 2.29. The summed E-state index contributed by atoms with van der Waals surface area (Å²) in [5.41, 5.74) is 3.57. The quantitative estimate of drug-likeness (QED) is 0.405. The number of hydrogen-bond donors (Lipinski definition) is 2. The maximum Gasteiger partial charge on any atom is 0.191 e. The average molecular weight is 394 g/mol. The number of hydrazone groups is 1. The first kappa shape index (κ1) is 19.9. The molecule has 0 radical (unpaired) electrons. The lowest BCUT2D eigenvalue weighted by atomic mass is 10.3. The van der Waals surface area contributed by atoms with E-state index in [1.54, 1.807) is 50.1 Å². The van der Waals surface area contributed by atoms with Gasteiger partial charge in [0.15, 0.2) is 21.7 Å². The number of ether oxygens (including phenoxy) is 2. The minimum atomic E-state index is 0.377. The van der Waals surface area contributed by atoms with Crippen molar-refractivity contribution >= 4 is 45.7 Å².